The summed E-state index contributed by atoms with van der Waals surface area (Å²) in [5.74, 6) is -1.41. The fraction of sp³-hybridized carbons (Fsp3) is 0.241. The van der Waals surface area contributed by atoms with Gasteiger partial charge in [0.05, 0.1) is 25.8 Å². The molecule has 1 aliphatic rings. The number of carbonyl (C=O) groups excluding carboxylic acids is 2. The van der Waals surface area contributed by atoms with Crippen LogP contribution in [0.4, 0.5) is 11.4 Å². The third-order valence-corrected chi connectivity index (χ3v) is 6.57. The molecule has 1 heterocycles. The standard InChI is InChI=1S/C29H30N2O6/c1-5-30(6-2)19-12-14-20(15-13-19)31-26(18-10-16-21(32)17-11-18)25(28(34)29(31)35)27(33)24-22(36-3)8-7-9-23(24)37-4/h7-17,26,32-33H,5-6H2,1-4H3/b27-25+. The zero-order valence-electron chi connectivity index (χ0n) is 21.3. The maximum atomic E-state index is 13.5. The predicted octanol–water partition coefficient (Wildman–Crippen LogP) is 4.88. The number of hydrogen-bond donors (Lipinski definition) is 2. The first kappa shape index (κ1) is 25.6. The van der Waals surface area contributed by atoms with Crippen LogP contribution in [-0.2, 0) is 9.59 Å². The van der Waals surface area contributed by atoms with Crippen molar-refractivity contribution in [1.29, 1.82) is 0 Å². The van der Waals surface area contributed by atoms with Crippen molar-refractivity contribution in [2.45, 2.75) is 19.9 Å². The molecule has 8 nitrogen and oxygen atoms in total. The summed E-state index contributed by atoms with van der Waals surface area (Å²) in [5, 5.41) is 21.4. The number of phenolic OH excluding ortho intramolecular Hbond substituents is 1. The number of benzene rings is 3. The first-order valence-electron chi connectivity index (χ1n) is 12.0. The Balaban J connectivity index is 1.93. The number of ether oxygens (including phenoxy) is 2. The van der Waals surface area contributed by atoms with Crippen molar-refractivity contribution < 1.29 is 29.3 Å². The van der Waals surface area contributed by atoms with E-state index in [2.05, 4.69) is 18.7 Å². The number of amides is 1. The van der Waals surface area contributed by atoms with Crippen molar-refractivity contribution in [3.63, 3.8) is 0 Å². The third-order valence-electron chi connectivity index (χ3n) is 6.57. The number of methoxy groups -OCH3 is 2. The SMILES string of the molecule is CCN(CC)c1ccc(N2C(=O)C(=O)/C(=C(/O)c3c(OC)cccc3OC)C2c2ccc(O)cc2)cc1. The number of carbonyl (C=O) groups is 2. The average molecular weight is 503 g/mol. The van der Waals surface area contributed by atoms with Crippen molar-refractivity contribution >= 4 is 28.8 Å². The molecule has 2 N–H and O–H groups in total. The van der Waals surface area contributed by atoms with Crippen LogP contribution in [0.1, 0.15) is 31.0 Å². The first-order chi connectivity index (χ1) is 17.9. The van der Waals surface area contributed by atoms with Gasteiger partial charge in [-0.2, -0.15) is 0 Å². The normalized spacial score (nSPS) is 16.6. The molecule has 4 rings (SSSR count). The van der Waals surface area contributed by atoms with Crippen molar-refractivity contribution in [1.82, 2.24) is 0 Å². The maximum Gasteiger partial charge on any atom is 0.300 e. The lowest BCUT2D eigenvalue weighted by atomic mass is 9.94. The number of hydrogen-bond acceptors (Lipinski definition) is 7. The van der Waals surface area contributed by atoms with Crippen LogP contribution in [0.25, 0.3) is 5.76 Å². The minimum atomic E-state index is -0.950. The van der Waals surface area contributed by atoms with Gasteiger partial charge in [0.1, 0.15) is 28.6 Å². The van der Waals surface area contributed by atoms with Gasteiger partial charge in [-0.25, -0.2) is 0 Å². The van der Waals surface area contributed by atoms with Crippen LogP contribution in [0.5, 0.6) is 17.2 Å². The van der Waals surface area contributed by atoms with Gasteiger partial charge >= 0.3 is 0 Å². The van der Waals surface area contributed by atoms with Gasteiger partial charge in [-0.3, -0.25) is 14.5 Å². The second kappa shape index (κ2) is 10.7. The van der Waals surface area contributed by atoms with E-state index < -0.39 is 23.5 Å². The molecule has 3 aromatic carbocycles. The van der Waals surface area contributed by atoms with Crippen LogP contribution in [-0.4, -0.2) is 49.2 Å². The number of ketones is 1. The second-order valence-electron chi connectivity index (χ2n) is 8.49. The molecule has 0 saturated carbocycles. The predicted molar refractivity (Wildman–Crippen MR) is 142 cm³/mol. The van der Waals surface area contributed by atoms with Crippen molar-refractivity contribution in [3.05, 3.63) is 83.4 Å². The number of rotatable bonds is 8. The molecule has 1 atom stereocenters. The number of Topliss-reactive ketones (excluding diaryl/α,β-unsaturated/α-hetero) is 1. The number of anilines is 2. The topological polar surface area (TPSA) is 99.5 Å². The van der Waals surface area contributed by atoms with Crippen LogP contribution in [0.3, 0.4) is 0 Å². The van der Waals surface area contributed by atoms with Crippen LogP contribution in [0.2, 0.25) is 0 Å². The number of aromatic hydroxyl groups is 1. The Kier molecular flexibility index (Phi) is 7.38. The molecule has 1 aliphatic heterocycles. The summed E-state index contributed by atoms with van der Waals surface area (Å²) in [6.45, 7) is 5.78. The fourth-order valence-corrected chi connectivity index (χ4v) is 4.70. The van der Waals surface area contributed by atoms with Gasteiger partial charge in [0.2, 0.25) is 0 Å². The van der Waals surface area contributed by atoms with Crippen molar-refractivity contribution in [3.8, 4) is 17.2 Å². The van der Waals surface area contributed by atoms with Crippen LogP contribution in [0.15, 0.2) is 72.3 Å². The lowest BCUT2D eigenvalue weighted by Gasteiger charge is -2.27. The molecule has 0 aliphatic carbocycles. The molecule has 1 amide bonds. The summed E-state index contributed by atoms with van der Waals surface area (Å²) < 4.78 is 10.9. The summed E-state index contributed by atoms with van der Waals surface area (Å²) >= 11 is 0. The highest BCUT2D eigenvalue weighted by Gasteiger charge is 2.47. The molecule has 0 radical (unpaired) electrons. The van der Waals surface area contributed by atoms with Crippen LogP contribution in [0, 0.1) is 0 Å². The Morgan fingerprint density at radius 3 is 1.97 bits per heavy atom. The van der Waals surface area contributed by atoms with E-state index >= 15 is 0 Å². The number of aliphatic hydroxyl groups is 1. The lowest BCUT2D eigenvalue weighted by molar-refractivity contribution is -0.132. The molecule has 1 fully saturated rings. The van der Waals surface area contributed by atoms with E-state index in [1.165, 1.54) is 31.3 Å². The highest BCUT2D eigenvalue weighted by atomic mass is 16.5. The Morgan fingerprint density at radius 1 is 0.892 bits per heavy atom. The number of nitrogens with zero attached hydrogens (tertiary/aromatic N) is 2. The van der Waals surface area contributed by atoms with E-state index in [0.717, 1.165) is 18.8 Å². The molecular formula is C29H30N2O6. The van der Waals surface area contributed by atoms with Gasteiger partial charge in [0.15, 0.2) is 0 Å². The van der Waals surface area contributed by atoms with E-state index in [9.17, 15) is 19.8 Å². The van der Waals surface area contributed by atoms with Gasteiger partial charge in [0, 0.05) is 24.5 Å². The quantitative estimate of drug-likeness (QED) is 0.257. The van der Waals surface area contributed by atoms with Gasteiger partial charge < -0.3 is 24.6 Å². The minimum absolute atomic E-state index is 0.0377. The van der Waals surface area contributed by atoms with Crippen molar-refractivity contribution in [2.75, 3.05) is 37.1 Å². The first-order valence-corrected chi connectivity index (χ1v) is 12.0. The van der Waals surface area contributed by atoms with Gasteiger partial charge in [0.25, 0.3) is 11.7 Å². The minimum Gasteiger partial charge on any atom is -0.508 e. The van der Waals surface area contributed by atoms with E-state index in [-0.39, 0.29) is 28.4 Å². The van der Waals surface area contributed by atoms with Crippen LogP contribution < -0.4 is 19.3 Å². The molecule has 192 valence electrons. The Bertz CT molecular complexity index is 1310. The molecule has 8 heteroatoms. The van der Waals surface area contributed by atoms with Crippen LogP contribution >= 0.6 is 0 Å². The zero-order chi connectivity index (χ0) is 26.7. The fourth-order valence-electron chi connectivity index (χ4n) is 4.70. The largest absolute Gasteiger partial charge is 0.508 e. The molecule has 3 aromatic rings. The van der Waals surface area contributed by atoms with Gasteiger partial charge in [-0.15, -0.1) is 0 Å². The summed E-state index contributed by atoms with van der Waals surface area (Å²) in [6, 6.07) is 17.6. The van der Waals surface area contributed by atoms with E-state index in [1.54, 1.807) is 42.5 Å². The summed E-state index contributed by atoms with van der Waals surface area (Å²) in [5.41, 5.74) is 2.10. The molecular weight excluding hydrogens is 472 g/mol. The Morgan fingerprint density at radius 2 is 1.46 bits per heavy atom. The summed E-state index contributed by atoms with van der Waals surface area (Å²) in [6.07, 6.45) is 0. The van der Waals surface area contributed by atoms with E-state index in [1.807, 2.05) is 12.1 Å². The second-order valence-corrected chi connectivity index (χ2v) is 8.49. The van der Waals surface area contributed by atoms with Gasteiger partial charge in [-0.1, -0.05) is 18.2 Å². The molecule has 1 unspecified atom stereocenters. The monoisotopic (exact) mass is 502 g/mol. The summed E-state index contributed by atoms with van der Waals surface area (Å²) in [4.78, 5) is 30.5. The number of phenols is 1. The maximum absolute atomic E-state index is 13.5. The highest BCUT2D eigenvalue weighted by molar-refractivity contribution is 6.51. The summed E-state index contributed by atoms with van der Waals surface area (Å²) in [7, 11) is 2.89. The highest BCUT2D eigenvalue weighted by Crippen LogP contribution is 2.45. The Hall–Kier alpha value is -4.46. The van der Waals surface area contributed by atoms with Crippen molar-refractivity contribution in [2.24, 2.45) is 0 Å². The lowest BCUT2D eigenvalue weighted by Crippen LogP contribution is -2.29. The molecule has 37 heavy (non-hydrogen) atoms. The third kappa shape index (κ3) is 4.58. The van der Waals surface area contributed by atoms with E-state index in [4.69, 9.17) is 9.47 Å². The smallest absolute Gasteiger partial charge is 0.300 e. The number of aliphatic hydroxyl groups excluding tert-OH is 1. The zero-order valence-corrected chi connectivity index (χ0v) is 21.3. The van der Waals surface area contributed by atoms with E-state index in [0.29, 0.717) is 11.3 Å². The molecule has 0 spiro atoms. The molecule has 0 aromatic heterocycles. The average Bonchev–Trinajstić information content (AvgIpc) is 3.19. The van der Waals surface area contributed by atoms with Gasteiger partial charge in [-0.05, 0) is 67.9 Å². The Labute approximate surface area is 216 Å². The molecule has 0 bridgehead atoms. The molecule has 1 saturated heterocycles.